The largest absolute Gasteiger partial charge is 0.497 e. The number of sulfone groups is 1. The predicted octanol–water partition coefficient (Wildman–Crippen LogP) is 2.85. The summed E-state index contributed by atoms with van der Waals surface area (Å²) in [6.45, 7) is 0.459. The van der Waals surface area contributed by atoms with Crippen molar-refractivity contribution in [1.82, 2.24) is 5.48 Å². The molecule has 36 heavy (non-hydrogen) atoms. The van der Waals surface area contributed by atoms with Crippen LogP contribution in [0.2, 0.25) is 0 Å². The third-order valence-corrected chi connectivity index (χ3v) is 8.58. The summed E-state index contributed by atoms with van der Waals surface area (Å²) >= 11 is 0. The molecule has 3 N–H and O–H groups in total. The van der Waals surface area contributed by atoms with E-state index in [0.29, 0.717) is 29.9 Å². The van der Waals surface area contributed by atoms with Gasteiger partial charge in [-0.1, -0.05) is 18.2 Å². The highest BCUT2D eigenvalue weighted by molar-refractivity contribution is 7.93. The second-order valence-electron chi connectivity index (χ2n) is 8.16. The number of amides is 1. The number of carbonyl (C=O) groups is 2. The van der Waals surface area contributed by atoms with Crippen LogP contribution in [0.1, 0.15) is 31.2 Å². The van der Waals surface area contributed by atoms with Crippen LogP contribution in [0.15, 0.2) is 59.5 Å². The number of carboxylic acids is 1. The van der Waals surface area contributed by atoms with Crippen LogP contribution in [0.25, 0.3) is 5.57 Å². The van der Waals surface area contributed by atoms with Crippen molar-refractivity contribution in [3.05, 3.63) is 60.2 Å². The minimum atomic E-state index is -4.11. The lowest BCUT2D eigenvalue weighted by Crippen LogP contribution is -2.54. The first-order valence-electron chi connectivity index (χ1n) is 11.3. The van der Waals surface area contributed by atoms with E-state index in [-0.39, 0.29) is 43.1 Å². The first kappa shape index (κ1) is 27.2. The number of hydrogen-bond acceptors (Lipinski definition) is 8. The molecule has 10 nitrogen and oxygen atoms in total. The summed E-state index contributed by atoms with van der Waals surface area (Å²) in [5.74, 6) is -0.945. The van der Waals surface area contributed by atoms with E-state index in [4.69, 9.17) is 19.4 Å². The van der Waals surface area contributed by atoms with Gasteiger partial charge in [-0.3, -0.25) is 10.0 Å². The third-order valence-electron chi connectivity index (χ3n) is 6.06. The summed E-state index contributed by atoms with van der Waals surface area (Å²) in [7, 11) is -2.57. The highest BCUT2D eigenvalue weighted by atomic mass is 32.2. The van der Waals surface area contributed by atoms with Gasteiger partial charge in [-0.25, -0.2) is 18.7 Å². The molecule has 0 bridgehead atoms. The van der Waals surface area contributed by atoms with Crippen molar-refractivity contribution in [3.8, 4) is 11.5 Å². The Morgan fingerprint density at radius 2 is 1.67 bits per heavy atom. The fourth-order valence-electron chi connectivity index (χ4n) is 3.98. The van der Waals surface area contributed by atoms with E-state index in [0.717, 1.165) is 0 Å². The second kappa shape index (κ2) is 12.0. The molecule has 0 aliphatic carbocycles. The number of benzene rings is 2. The van der Waals surface area contributed by atoms with Crippen molar-refractivity contribution >= 4 is 27.3 Å². The first-order chi connectivity index (χ1) is 17.2. The molecule has 0 aromatic heterocycles. The predicted molar refractivity (Wildman–Crippen MR) is 130 cm³/mol. The molecular formula is C25H29NO9S. The van der Waals surface area contributed by atoms with E-state index in [9.17, 15) is 23.1 Å². The van der Waals surface area contributed by atoms with Crippen molar-refractivity contribution in [2.75, 3.05) is 26.9 Å². The summed E-state index contributed by atoms with van der Waals surface area (Å²) in [6, 6.07) is 12.5. The Balaban J connectivity index is 1.60. The van der Waals surface area contributed by atoms with Crippen LogP contribution in [0, 0.1) is 0 Å². The molecule has 2 aromatic rings. The van der Waals surface area contributed by atoms with E-state index in [2.05, 4.69) is 0 Å². The number of hydrogen-bond donors (Lipinski definition) is 3. The summed E-state index contributed by atoms with van der Waals surface area (Å²) in [6.07, 6.45) is 2.49. The number of allylic oxidation sites excluding steroid dienone is 1. The number of ether oxygens (including phenoxy) is 3. The molecule has 0 radical (unpaired) electrons. The molecule has 0 saturated carbocycles. The average molecular weight is 520 g/mol. The van der Waals surface area contributed by atoms with Gasteiger partial charge in [-0.15, -0.1) is 0 Å². The Labute approximate surface area is 209 Å². The van der Waals surface area contributed by atoms with Gasteiger partial charge in [-0.05, 0) is 67.6 Å². The number of methoxy groups -OCH3 is 1. The van der Waals surface area contributed by atoms with Crippen molar-refractivity contribution in [2.24, 2.45) is 0 Å². The Bertz CT molecular complexity index is 1180. The first-order valence-corrected chi connectivity index (χ1v) is 12.8. The van der Waals surface area contributed by atoms with Crippen molar-refractivity contribution in [2.45, 2.75) is 35.3 Å². The molecule has 1 heterocycles. The zero-order chi connectivity index (χ0) is 26.2. The number of nitrogens with one attached hydrogen (secondary N) is 1. The summed E-state index contributed by atoms with van der Waals surface area (Å²) in [5, 5.41) is 18.6. The molecule has 0 spiro atoms. The zero-order valence-corrected chi connectivity index (χ0v) is 20.6. The summed E-state index contributed by atoms with van der Waals surface area (Å²) < 4.78 is 40.7. The van der Waals surface area contributed by atoms with E-state index in [1.54, 1.807) is 30.3 Å². The SMILES string of the molecule is COc1ccc(C(=CCCCOc2ccc(S(=O)(=O)C3(C(=O)NO)CCOCC3)cc2)C(=O)O)cc1. The van der Waals surface area contributed by atoms with E-state index >= 15 is 0 Å². The zero-order valence-electron chi connectivity index (χ0n) is 19.8. The number of carbonyl (C=O) groups excluding carboxylic acids is 1. The van der Waals surface area contributed by atoms with Gasteiger partial charge in [0.2, 0.25) is 0 Å². The molecule has 1 amide bonds. The van der Waals surface area contributed by atoms with Gasteiger partial charge in [0.05, 0.1) is 24.2 Å². The molecule has 0 unspecified atom stereocenters. The standard InChI is InChI=1S/C25H29NO9S/c1-33-19-7-5-18(6-8-19)22(23(27)28)4-2-3-15-35-20-9-11-21(12-10-20)36(31,32)25(24(29)26-30)13-16-34-17-14-25/h4-12,30H,2-3,13-17H2,1H3,(H,26,29)(H,27,28). The highest BCUT2D eigenvalue weighted by Gasteiger charge is 2.52. The number of unbranched alkanes of at least 4 members (excludes halogenated alkanes) is 1. The van der Waals surface area contributed by atoms with Crippen LogP contribution >= 0.6 is 0 Å². The van der Waals surface area contributed by atoms with Gasteiger partial charge in [0.15, 0.2) is 14.6 Å². The molecule has 1 aliphatic rings. The molecule has 0 atom stereocenters. The van der Waals surface area contributed by atoms with Crippen LogP contribution in [0.3, 0.4) is 0 Å². The van der Waals surface area contributed by atoms with Crippen molar-refractivity contribution in [1.29, 1.82) is 0 Å². The van der Waals surface area contributed by atoms with E-state index in [1.807, 2.05) is 0 Å². The van der Waals surface area contributed by atoms with Crippen LogP contribution < -0.4 is 15.0 Å². The second-order valence-corrected chi connectivity index (χ2v) is 10.4. The summed E-state index contributed by atoms with van der Waals surface area (Å²) in [5.41, 5.74) is 2.24. The Kier molecular flexibility index (Phi) is 9.08. The topological polar surface area (TPSA) is 148 Å². The molecule has 2 aromatic carbocycles. The van der Waals surface area contributed by atoms with Crippen molar-refractivity contribution in [3.63, 3.8) is 0 Å². The van der Waals surface area contributed by atoms with Gasteiger partial charge in [0, 0.05) is 13.2 Å². The van der Waals surface area contributed by atoms with Crippen molar-refractivity contribution < 1.29 is 42.5 Å². The summed E-state index contributed by atoms with van der Waals surface area (Å²) in [4.78, 5) is 23.9. The smallest absolute Gasteiger partial charge is 0.335 e. The van der Waals surface area contributed by atoms with Gasteiger partial charge >= 0.3 is 5.97 Å². The monoisotopic (exact) mass is 519 g/mol. The lowest BCUT2D eigenvalue weighted by molar-refractivity contribution is -0.134. The highest BCUT2D eigenvalue weighted by Crippen LogP contribution is 2.35. The van der Waals surface area contributed by atoms with Crippen LogP contribution in [-0.4, -0.2) is 62.3 Å². The number of rotatable bonds is 11. The Morgan fingerprint density at radius 1 is 1.06 bits per heavy atom. The molecule has 1 aliphatic heterocycles. The van der Waals surface area contributed by atoms with Crippen LogP contribution in [0.4, 0.5) is 0 Å². The molecular weight excluding hydrogens is 490 g/mol. The quantitative estimate of drug-likeness (QED) is 0.176. The van der Waals surface area contributed by atoms with Gasteiger partial charge in [0.25, 0.3) is 5.91 Å². The lowest BCUT2D eigenvalue weighted by atomic mass is 9.98. The fourth-order valence-corrected chi connectivity index (χ4v) is 5.92. The normalized spacial score (nSPS) is 15.7. The Hall–Kier alpha value is -3.41. The molecule has 1 saturated heterocycles. The third kappa shape index (κ3) is 5.86. The lowest BCUT2D eigenvalue weighted by Gasteiger charge is -2.34. The van der Waals surface area contributed by atoms with Gasteiger partial charge in [0.1, 0.15) is 11.5 Å². The minimum Gasteiger partial charge on any atom is -0.497 e. The fraction of sp³-hybridized carbons (Fsp3) is 0.360. The Morgan fingerprint density at radius 3 is 2.22 bits per heavy atom. The molecule has 1 fully saturated rings. The van der Waals surface area contributed by atoms with Gasteiger partial charge < -0.3 is 19.3 Å². The minimum absolute atomic E-state index is 0.0612. The average Bonchev–Trinajstić information content (AvgIpc) is 2.90. The molecule has 11 heteroatoms. The van der Waals surface area contributed by atoms with Gasteiger partial charge in [-0.2, -0.15) is 0 Å². The van der Waals surface area contributed by atoms with Crippen LogP contribution in [-0.2, 0) is 24.2 Å². The maximum absolute atomic E-state index is 13.3. The maximum atomic E-state index is 13.3. The van der Waals surface area contributed by atoms with E-state index in [1.165, 1.54) is 36.9 Å². The van der Waals surface area contributed by atoms with E-state index < -0.39 is 26.5 Å². The number of hydroxylamine groups is 1. The number of carboxylic acid groups (broad SMARTS) is 1. The van der Waals surface area contributed by atoms with Crippen LogP contribution in [0.5, 0.6) is 11.5 Å². The maximum Gasteiger partial charge on any atom is 0.335 e. The molecule has 194 valence electrons. The molecule has 3 rings (SSSR count). The number of aliphatic carboxylic acids is 1.